The molecule has 2 amide bonds. The fraction of sp³-hybridized carbons (Fsp3) is 0.176. The van der Waals surface area contributed by atoms with Crippen molar-refractivity contribution in [1.82, 2.24) is 0 Å². The first kappa shape index (κ1) is 18.6. The minimum atomic E-state index is -0.381. The molecule has 136 valence electrons. The van der Waals surface area contributed by atoms with E-state index in [2.05, 4.69) is 5.32 Å². The van der Waals surface area contributed by atoms with E-state index in [1.807, 2.05) is 0 Å². The third-order valence-electron chi connectivity index (χ3n) is 3.56. The van der Waals surface area contributed by atoms with Gasteiger partial charge in [-0.15, -0.1) is 0 Å². The van der Waals surface area contributed by atoms with E-state index >= 15 is 0 Å². The SMILES string of the molecule is O=C(COc1cc(Cl)c(Cl)cc1Cl)Nc1ccc(N2CCOC2=O)cc1. The lowest BCUT2D eigenvalue weighted by Gasteiger charge is -2.13. The number of ether oxygens (including phenoxy) is 2. The molecule has 0 radical (unpaired) electrons. The van der Waals surface area contributed by atoms with Crippen LogP contribution in [0.15, 0.2) is 36.4 Å². The van der Waals surface area contributed by atoms with Crippen molar-refractivity contribution in [2.75, 3.05) is 30.0 Å². The molecule has 0 spiro atoms. The van der Waals surface area contributed by atoms with Gasteiger partial charge >= 0.3 is 6.09 Å². The van der Waals surface area contributed by atoms with Crippen LogP contribution in [-0.4, -0.2) is 31.8 Å². The Balaban J connectivity index is 1.56. The summed E-state index contributed by atoms with van der Waals surface area (Å²) in [5, 5.41) is 3.53. The number of carbonyl (C=O) groups is 2. The molecule has 1 aliphatic rings. The van der Waals surface area contributed by atoms with Crippen molar-refractivity contribution >= 4 is 58.2 Å². The third-order valence-corrected chi connectivity index (χ3v) is 4.57. The highest BCUT2D eigenvalue weighted by atomic mass is 35.5. The van der Waals surface area contributed by atoms with Crippen LogP contribution in [0.25, 0.3) is 0 Å². The largest absolute Gasteiger partial charge is 0.482 e. The zero-order chi connectivity index (χ0) is 18.7. The number of anilines is 2. The summed E-state index contributed by atoms with van der Waals surface area (Å²) in [6.07, 6.45) is -0.381. The van der Waals surface area contributed by atoms with Crippen LogP contribution in [0, 0.1) is 0 Å². The fourth-order valence-corrected chi connectivity index (χ4v) is 2.90. The predicted octanol–water partition coefficient (Wildman–Crippen LogP) is 4.62. The number of nitrogens with one attached hydrogen (secondary N) is 1. The summed E-state index contributed by atoms with van der Waals surface area (Å²) in [5.74, 6) is -0.111. The number of cyclic esters (lactones) is 1. The summed E-state index contributed by atoms with van der Waals surface area (Å²) in [4.78, 5) is 25.1. The van der Waals surface area contributed by atoms with E-state index in [1.165, 1.54) is 17.0 Å². The standard InChI is InChI=1S/C17H13Cl3N2O4/c18-12-7-14(20)15(8-13(12)19)26-9-16(23)21-10-1-3-11(4-2-10)22-5-6-25-17(22)24/h1-4,7-8H,5-6,9H2,(H,21,23). The van der Waals surface area contributed by atoms with E-state index in [4.69, 9.17) is 44.3 Å². The van der Waals surface area contributed by atoms with E-state index in [9.17, 15) is 9.59 Å². The number of hydrogen-bond acceptors (Lipinski definition) is 4. The predicted molar refractivity (Wildman–Crippen MR) is 101 cm³/mol. The highest BCUT2D eigenvalue weighted by Crippen LogP contribution is 2.33. The molecule has 1 saturated heterocycles. The van der Waals surface area contributed by atoms with Crippen molar-refractivity contribution in [3.05, 3.63) is 51.5 Å². The van der Waals surface area contributed by atoms with Crippen LogP contribution in [-0.2, 0) is 9.53 Å². The second-order valence-electron chi connectivity index (χ2n) is 5.35. The quantitative estimate of drug-likeness (QED) is 0.724. The van der Waals surface area contributed by atoms with E-state index in [1.54, 1.807) is 24.3 Å². The lowest BCUT2D eigenvalue weighted by molar-refractivity contribution is -0.118. The Bertz CT molecular complexity index is 843. The third kappa shape index (κ3) is 4.33. The smallest absolute Gasteiger partial charge is 0.414 e. The molecule has 0 aliphatic carbocycles. The van der Waals surface area contributed by atoms with Crippen molar-refractivity contribution in [2.45, 2.75) is 0 Å². The maximum absolute atomic E-state index is 12.0. The summed E-state index contributed by atoms with van der Waals surface area (Å²) in [5.41, 5.74) is 1.26. The van der Waals surface area contributed by atoms with E-state index in [0.717, 1.165) is 0 Å². The average molecular weight is 416 g/mol. The van der Waals surface area contributed by atoms with Gasteiger partial charge in [0.15, 0.2) is 6.61 Å². The fourth-order valence-electron chi connectivity index (χ4n) is 2.31. The van der Waals surface area contributed by atoms with Crippen molar-refractivity contribution in [1.29, 1.82) is 0 Å². The second-order valence-corrected chi connectivity index (χ2v) is 6.57. The minimum absolute atomic E-state index is 0.252. The van der Waals surface area contributed by atoms with Crippen LogP contribution in [0.2, 0.25) is 15.1 Å². The number of amides is 2. The molecule has 1 heterocycles. The molecule has 3 rings (SSSR count). The maximum Gasteiger partial charge on any atom is 0.414 e. The number of carbonyl (C=O) groups excluding carboxylic acids is 2. The van der Waals surface area contributed by atoms with Crippen LogP contribution in [0.3, 0.4) is 0 Å². The van der Waals surface area contributed by atoms with Gasteiger partial charge in [-0.1, -0.05) is 34.8 Å². The Hall–Kier alpha value is -2.15. The molecule has 0 atom stereocenters. The van der Waals surface area contributed by atoms with Gasteiger partial charge in [-0.05, 0) is 30.3 Å². The van der Waals surface area contributed by atoms with Crippen molar-refractivity contribution in [3.63, 3.8) is 0 Å². The molecule has 2 aromatic carbocycles. The lowest BCUT2D eigenvalue weighted by Crippen LogP contribution is -2.23. The van der Waals surface area contributed by atoms with Gasteiger partial charge in [0.1, 0.15) is 12.4 Å². The van der Waals surface area contributed by atoms with Crippen LogP contribution < -0.4 is 15.0 Å². The first-order chi connectivity index (χ1) is 12.4. The van der Waals surface area contributed by atoms with E-state index in [-0.39, 0.29) is 34.4 Å². The van der Waals surface area contributed by atoms with Crippen LogP contribution in [0.4, 0.5) is 16.2 Å². The first-order valence-corrected chi connectivity index (χ1v) is 8.69. The van der Waals surface area contributed by atoms with Gasteiger partial charge in [-0.25, -0.2) is 4.79 Å². The minimum Gasteiger partial charge on any atom is -0.482 e. The van der Waals surface area contributed by atoms with Crippen molar-refractivity contribution in [2.24, 2.45) is 0 Å². The second kappa shape index (κ2) is 8.03. The molecule has 9 heteroatoms. The molecule has 0 saturated carbocycles. The van der Waals surface area contributed by atoms with Crippen molar-refractivity contribution < 1.29 is 19.1 Å². The zero-order valence-electron chi connectivity index (χ0n) is 13.3. The monoisotopic (exact) mass is 414 g/mol. The Kier molecular flexibility index (Phi) is 5.76. The van der Waals surface area contributed by atoms with Crippen LogP contribution in [0.5, 0.6) is 5.75 Å². The van der Waals surface area contributed by atoms with Crippen molar-refractivity contribution in [3.8, 4) is 5.75 Å². The molecule has 6 nitrogen and oxygen atoms in total. The van der Waals surface area contributed by atoms with Gasteiger partial charge in [-0.3, -0.25) is 9.69 Å². The Morgan fingerprint density at radius 2 is 1.81 bits per heavy atom. The summed E-state index contributed by atoms with van der Waals surface area (Å²) in [6, 6.07) is 9.71. The number of rotatable bonds is 5. The molecular formula is C17H13Cl3N2O4. The number of nitrogens with zero attached hydrogens (tertiary/aromatic N) is 1. The molecule has 1 aliphatic heterocycles. The maximum atomic E-state index is 12.0. The molecule has 0 bridgehead atoms. The van der Waals surface area contributed by atoms with Crippen LogP contribution in [0.1, 0.15) is 0 Å². The number of hydrogen-bond donors (Lipinski definition) is 1. The van der Waals surface area contributed by atoms with E-state index in [0.29, 0.717) is 29.5 Å². The summed E-state index contributed by atoms with van der Waals surface area (Å²) in [6.45, 7) is 0.618. The summed E-state index contributed by atoms with van der Waals surface area (Å²) < 4.78 is 10.3. The zero-order valence-corrected chi connectivity index (χ0v) is 15.6. The average Bonchev–Trinajstić information content (AvgIpc) is 3.04. The molecule has 2 aromatic rings. The molecule has 1 N–H and O–H groups in total. The Morgan fingerprint density at radius 3 is 2.46 bits per heavy atom. The molecule has 26 heavy (non-hydrogen) atoms. The van der Waals surface area contributed by atoms with Gasteiger partial charge in [0, 0.05) is 17.4 Å². The van der Waals surface area contributed by atoms with Gasteiger partial charge < -0.3 is 14.8 Å². The van der Waals surface area contributed by atoms with Gasteiger partial charge in [0.05, 0.1) is 21.6 Å². The molecular weight excluding hydrogens is 403 g/mol. The normalized spacial score (nSPS) is 13.5. The lowest BCUT2D eigenvalue weighted by atomic mass is 10.2. The molecule has 0 aromatic heterocycles. The summed E-state index contributed by atoms with van der Waals surface area (Å²) >= 11 is 17.7. The van der Waals surface area contributed by atoms with Gasteiger partial charge in [-0.2, -0.15) is 0 Å². The number of halogens is 3. The van der Waals surface area contributed by atoms with Crippen LogP contribution >= 0.6 is 34.8 Å². The Labute approximate surface area is 164 Å². The topological polar surface area (TPSA) is 67.9 Å². The van der Waals surface area contributed by atoms with Gasteiger partial charge in [0.2, 0.25) is 0 Å². The first-order valence-electron chi connectivity index (χ1n) is 7.55. The molecule has 1 fully saturated rings. The Morgan fingerprint density at radius 1 is 1.12 bits per heavy atom. The summed E-state index contributed by atoms with van der Waals surface area (Å²) in [7, 11) is 0. The highest BCUT2D eigenvalue weighted by molar-refractivity contribution is 6.43. The number of benzene rings is 2. The van der Waals surface area contributed by atoms with Gasteiger partial charge in [0.25, 0.3) is 5.91 Å². The van der Waals surface area contributed by atoms with E-state index < -0.39 is 0 Å². The molecule has 0 unspecified atom stereocenters. The highest BCUT2D eigenvalue weighted by Gasteiger charge is 2.23.